The molecule has 0 fully saturated rings. The van der Waals surface area contributed by atoms with Crippen LogP contribution in [0.1, 0.15) is 18.4 Å². The predicted molar refractivity (Wildman–Crippen MR) is 158 cm³/mol. The Balaban J connectivity index is 1.73. The van der Waals surface area contributed by atoms with Crippen molar-refractivity contribution in [3.63, 3.8) is 0 Å². The summed E-state index contributed by atoms with van der Waals surface area (Å²) in [5.74, 6) is 2.10. The second-order valence-electron chi connectivity index (χ2n) is 9.19. The predicted octanol–water partition coefficient (Wildman–Crippen LogP) is 4.48. The van der Waals surface area contributed by atoms with Gasteiger partial charge in [-0.3, -0.25) is 14.9 Å². The van der Waals surface area contributed by atoms with Crippen molar-refractivity contribution < 1.29 is 28.7 Å². The Morgan fingerprint density at radius 2 is 1.52 bits per heavy atom. The maximum absolute atomic E-state index is 13.7. The lowest BCUT2D eigenvalue weighted by Gasteiger charge is -2.27. The largest absolute Gasteiger partial charge is 0.493 e. The van der Waals surface area contributed by atoms with E-state index in [0.717, 1.165) is 25.1 Å². The number of rotatable bonds is 14. The molecule has 2 aromatic carbocycles. The third kappa shape index (κ3) is 7.57. The van der Waals surface area contributed by atoms with Gasteiger partial charge >= 0.3 is 0 Å². The number of ether oxygens (including phenoxy) is 4. The topological polar surface area (TPSA) is 104 Å². The van der Waals surface area contributed by atoms with Crippen LogP contribution in [0.25, 0.3) is 0 Å². The first kappa shape index (κ1) is 30.6. The summed E-state index contributed by atoms with van der Waals surface area (Å²) in [6.07, 6.45) is 4.23. The first-order valence-electron chi connectivity index (χ1n) is 12.7. The van der Waals surface area contributed by atoms with Crippen molar-refractivity contribution >= 4 is 28.7 Å². The van der Waals surface area contributed by atoms with Crippen molar-refractivity contribution in [1.29, 1.82) is 0 Å². The molecule has 11 heteroatoms. The molecule has 40 heavy (non-hydrogen) atoms. The molecule has 0 spiro atoms. The van der Waals surface area contributed by atoms with E-state index in [-0.39, 0.29) is 28.5 Å². The summed E-state index contributed by atoms with van der Waals surface area (Å²) in [5, 5.41) is 11.2. The number of carbonyl (C=O) groups is 1. The molecule has 0 saturated carbocycles. The van der Waals surface area contributed by atoms with Gasteiger partial charge in [0.05, 0.1) is 45.4 Å². The molecule has 0 aliphatic heterocycles. The second kappa shape index (κ2) is 14.4. The first-order valence-corrected chi connectivity index (χ1v) is 13.1. The molecule has 0 saturated heterocycles. The minimum Gasteiger partial charge on any atom is -0.493 e. The molecule has 1 amide bonds. The van der Waals surface area contributed by atoms with Crippen LogP contribution in [0.5, 0.6) is 23.0 Å². The molecule has 0 radical (unpaired) electrons. The molecule has 0 atom stereocenters. The molecule has 0 N–H and O–H groups in total. The number of likely N-dealkylation sites (N-methyl/N-ethyl adjacent to an activating group) is 1. The zero-order valence-corrected chi connectivity index (χ0v) is 24.3. The van der Waals surface area contributed by atoms with Gasteiger partial charge in [-0.2, -0.15) is 0 Å². The van der Waals surface area contributed by atoms with Gasteiger partial charge in [0, 0.05) is 35.8 Å². The lowest BCUT2D eigenvalue weighted by molar-refractivity contribution is -0.426. The maximum atomic E-state index is 13.7. The first-order chi connectivity index (χ1) is 19.2. The molecule has 1 aliphatic rings. The van der Waals surface area contributed by atoms with E-state index in [2.05, 4.69) is 4.90 Å². The van der Waals surface area contributed by atoms with Crippen LogP contribution in [0.15, 0.2) is 59.8 Å². The van der Waals surface area contributed by atoms with Crippen LogP contribution in [0.3, 0.4) is 0 Å². The summed E-state index contributed by atoms with van der Waals surface area (Å²) in [6, 6.07) is 11.2. The van der Waals surface area contributed by atoms with Crippen molar-refractivity contribution in [1.82, 2.24) is 4.90 Å². The summed E-state index contributed by atoms with van der Waals surface area (Å²) in [6.45, 7) is 1.95. The molecule has 2 aromatic rings. The summed E-state index contributed by atoms with van der Waals surface area (Å²) in [5.41, 5.74) is 1.99. The molecule has 1 aliphatic carbocycles. The number of carbonyl (C=O) groups excluding carboxylic acids is 1. The monoisotopic (exact) mass is 569 g/mol. The van der Waals surface area contributed by atoms with Crippen LogP contribution in [0, 0.1) is 10.1 Å². The Hall–Kier alpha value is -3.96. The lowest BCUT2D eigenvalue weighted by atomic mass is 10.0. The molecule has 10 nitrogen and oxygen atoms in total. The van der Waals surface area contributed by atoms with Crippen LogP contribution >= 0.6 is 12.2 Å². The van der Waals surface area contributed by atoms with E-state index in [9.17, 15) is 14.9 Å². The smallest absolute Gasteiger partial charge is 0.259 e. The minimum absolute atomic E-state index is 0.0321. The second-order valence-corrected chi connectivity index (χ2v) is 9.68. The highest BCUT2D eigenvalue weighted by atomic mass is 32.1. The van der Waals surface area contributed by atoms with Gasteiger partial charge in [-0.25, -0.2) is 0 Å². The normalized spacial score (nSPS) is 12.9. The number of hydrogen-bond donors (Lipinski definition) is 0. The van der Waals surface area contributed by atoms with Crippen LogP contribution in [-0.2, 0) is 11.2 Å². The highest BCUT2D eigenvalue weighted by Crippen LogP contribution is 2.33. The Bertz CT molecular complexity index is 1310. The van der Waals surface area contributed by atoms with Crippen molar-refractivity contribution in [2.24, 2.45) is 0 Å². The standard InChI is InChI=1S/C29H35N3O7S/c1-30(16-13-20-7-11-24(36-2)26(17-20)38-4)14-6-15-31(21-9-12-25(37-3)27(18-21)39-5)29(33)23-10-8-22(32(34)35)19-28(23)40/h7-12,17-18H,6,13-16,19H2,1-5H3. The van der Waals surface area contributed by atoms with Gasteiger partial charge in [-0.05, 0) is 62.3 Å². The molecule has 0 bridgehead atoms. The summed E-state index contributed by atoms with van der Waals surface area (Å²) in [7, 11) is 8.34. The number of thiocarbonyl (C=S) groups is 1. The van der Waals surface area contributed by atoms with E-state index in [1.807, 2.05) is 25.2 Å². The van der Waals surface area contributed by atoms with Crippen LogP contribution in [0.4, 0.5) is 5.69 Å². The zero-order chi connectivity index (χ0) is 29.2. The maximum Gasteiger partial charge on any atom is 0.259 e. The molecule has 0 aromatic heterocycles. The van der Waals surface area contributed by atoms with Crippen LogP contribution in [0.2, 0.25) is 0 Å². The third-order valence-electron chi connectivity index (χ3n) is 6.63. The van der Waals surface area contributed by atoms with E-state index >= 15 is 0 Å². The van der Waals surface area contributed by atoms with Crippen LogP contribution < -0.4 is 23.8 Å². The van der Waals surface area contributed by atoms with Crippen molar-refractivity contribution in [3.05, 3.63) is 75.5 Å². The SMILES string of the molecule is COc1ccc(CCN(C)CCCN(C(=O)C2=CC=C([N+](=O)[O-])CC2=S)c2ccc(OC)c(OC)c2)cc1OC. The third-order valence-corrected chi connectivity index (χ3v) is 6.99. The molecule has 0 heterocycles. The van der Waals surface area contributed by atoms with Gasteiger partial charge in [-0.1, -0.05) is 18.3 Å². The highest BCUT2D eigenvalue weighted by molar-refractivity contribution is 7.81. The number of amides is 1. The van der Waals surface area contributed by atoms with Gasteiger partial charge in [-0.15, -0.1) is 0 Å². The Morgan fingerprint density at radius 3 is 2.12 bits per heavy atom. The number of nitrogens with zero attached hydrogens (tertiary/aromatic N) is 3. The average molecular weight is 570 g/mol. The Morgan fingerprint density at radius 1 is 0.900 bits per heavy atom. The molecule has 0 unspecified atom stereocenters. The van der Waals surface area contributed by atoms with Crippen molar-refractivity contribution in [2.75, 3.05) is 60.0 Å². The number of benzene rings is 2. The highest BCUT2D eigenvalue weighted by Gasteiger charge is 2.28. The van der Waals surface area contributed by atoms with E-state index in [4.69, 9.17) is 31.2 Å². The van der Waals surface area contributed by atoms with E-state index in [1.165, 1.54) is 19.3 Å². The summed E-state index contributed by atoms with van der Waals surface area (Å²) < 4.78 is 21.5. The Kier molecular flexibility index (Phi) is 11.0. The van der Waals surface area contributed by atoms with Gasteiger partial charge < -0.3 is 28.7 Å². The summed E-state index contributed by atoms with van der Waals surface area (Å²) in [4.78, 5) is 28.5. The van der Waals surface area contributed by atoms with Crippen molar-refractivity contribution in [2.45, 2.75) is 19.3 Å². The zero-order valence-electron chi connectivity index (χ0n) is 23.5. The van der Waals surface area contributed by atoms with Gasteiger partial charge in [0.25, 0.3) is 11.6 Å². The fourth-order valence-corrected chi connectivity index (χ4v) is 4.66. The van der Waals surface area contributed by atoms with Gasteiger partial charge in [0.15, 0.2) is 23.0 Å². The van der Waals surface area contributed by atoms with Gasteiger partial charge in [0.2, 0.25) is 0 Å². The summed E-state index contributed by atoms with van der Waals surface area (Å²) >= 11 is 5.39. The molecular formula is C29H35N3O7S. The number of methoxy groups -OCH3 is 4. The van der Waals surface area contributed by atoms with E-state index < -0.39 is 4.92 Å². The van der Waals surface area contributed by atoms with E-state index in [0.29, 0.717) is 41.7 Å². The minimum atomic E-state index is -0.478. The fraction of sp³-hybridized carbons (Fsp3) is 0.379. The quantitative estimate of drug-likeness (QED) is 0.185. The molecule has 3 rings (SSSR count). The molecular weight excluding hydrogens is 534 g/mol. The lowest BCUT2D eigenvalue weighted by Crippen LogP contribution is -2.37. The van der Waals surface area contributed by atoms with Gasteiger partial charge in [0.1, 0.15) is 0 Å². The number of anilines is 1. The number of nitro groups is 1. The average Bonchev–Trinajstić information content (AvgIpc) is 2.97. The molecule has 214 valence electrons. The van der Waals surface area contributed by atoms with Crippen molar-refractivity contribution in [3.8, 4) is 23.0 Å². The van der Waals surface area contributed by atoms with E-state index in [1.54, 1.807) is 44.4 Å². The van der Waals surface area contributed by atoms with Crippen LogP contribution in [-0.4, -0.2) is 75.7 Å². The number of hydrogen-bond acceptors (Lipinski definition) is 9. The Labute approximate surface area is 239 Å². The fourth-order valence-electron chi connectivity index (χ4n) is 4.36. The number of allylic oxidation sites excluding steroid dienone is 3.